The first kappa shape index (κ1) is 20.1. The average molecular weight is 426 g/mol. The molecule has 2 N–H and O–H groups in total. The third-order valence-electron chi connectivity index (χ3n) is 4.41. The molecule has 0 saturated carbocycles. The molecule has 0 aliphatic heterocycles. The Morgan fingerprint density at radius 2 is 1.87 bits per heavy atom. The van der Waals surface area contributed by atoms with Crippen LogP contribution in [0.4, 0.5) is 8.78 Å². The molecule has 4 aromatic rings. The summed E-state index contributed by atoms with van der Waals surface area (Å²) < 4.78 is 34.1. The Labute approximate surface area is 174 Å². The lowest BCUT2D eigenvalue weighted by Crippen LogP contribution is -2.12. The van der Waals surface area contributed by atoms with E-state index < -0.39 is 12.3 Å². The van der Waals surface area contributed by atoms with E-state index >= 15 is 0 Å². The van der Waals surface area contributed by atoms with Gasteiger partial charge in [0, 0.05) is 17.8 Å². The molecule has 0 radical (unpaired) electrons. The number of alkyl halides is 2. The number of halogens is 2. The maximum atomic E-state index is 12.8. The van der Waals surface area contributed by atoms with Crippen LogP contribution in [0.2, 0.25) is 0 Å². The Kier molecular flexibility index (Phi) is 5.35. The molecule has 10 nitrogen and oxygen atoms in total. The Balaban J connectivity index is 1.48. The molecule has 0 atom stereocenters. The van der Waals surface area contributed by atoms with Crippen molar-refractivity contribution >= 4 is 5.91 Å². The second-order valence-corrected chi connectivity index (χ2v) is 6.45. The van der Waals surface area contributed by atoms with Crippen LogP contribution < -0.4 is 10.5 Å². The third kappa shape index (κ3) is 4.22. The van der Waals surface area contributed by atoms with Gasteiger partial charge in [0.15, 0.2) is 5.82 Å². The van der Waals surface area contributed by atoms with Gasteiger partial charge in [-0.3, -0.25) is 4.79 Å². The molecule has 0 aliphatic rings. The fourth-order valence-electron chi connectivity index (χ4n) is 2.75. The largest absolute Gasteiger partial charge is 0.470 e. The topological polar surface area (TPSA) is 127 Å². The van der Waals surface area contributed by atoms with Crippen LogP contribution in [0.25, 0.3) is 11.5 Å². The lowest BCUT2D eigenvalue weighted by atomic mass is 10.2. The van der Waals surface area contributed by atoms with Crippen LogP contribution in [0.3, 0.4) is 0 Å². The number of ether oxygens (including phenoxy) is 1. The fourth-order valence-corrected chi connectivity index (χ4v) is 2.75. The number of hydrogen-bond donors (Lipinski definition) is 1. The number of aromatic nitrogens is 7. The monoisotopic (exact) mass is 426 g/mol. The summed E-state index contributed by atoms with van der Waals surface area (Å²) in [5.74, 6) is -0.0239. The third-order valence-corrected chi connectivity index (χ3v) is 4.41. The number of nitrogens with two attached hydrogens (primary N) is 1. The molecule has 0 aliphatic carbocycles. The fraction of sp³-hybridized carbons (Fsp3) is 0.158. The first-order valence-corrected chi connectivity index (χ1v) is 9.04. The van der Waals surface area contributed by atoms with Crippen LogP contribution in [-0.2, 0) is 6.61 Å². The highest BCUT2D eigenvalue weighted by Gasteiger charge is 2.14. The summed E-state index contributed by atoms with van der Waals surface area (Å²) in [6.07, 6.45) is -1.00. The van der Waals surface area contributed by atoms with E-state index in [1.165, 1.54) is 45.9 Å². The van der Waals surface area contributed by atoms with E-state index in [0.717, 1.165) is 0 Å². The summed E-state index contributed by atoms with van der Waals surface area (Å²) in [4.78, 5) is 11.1. The summed E-state index contributed by atoms with van der Waals surface area (Å²) in [5.41, 5.74) is 7.06. The molecule has 1 amide bonds. The molecule has 0 unspecified atom stereocenters. The lowest BCUT2D eigenvalue weighted by Gasteiger charge is -2.09. The van der Waals surface area contributed by atoms with Gasteiger partial charge in [-0.2, -0.15) is 5.10 Å². The smallest absolute Gasteiger partial charge is 0.269 e. The standard InChI is InChI=1S/C19H16F2N8O2/c1-11-15(29(27-23-11)13-4-2-12(3-5-13)18(20)21)10-31-17-7-6-16(24-25-17)28-9-8-14(26-28)19(22)30/h2-9,18H,10H2,1H3,(H2,22,30). The highest BCUT2D eigenvalue weighted by atomic mass is 19.3. The Bertz CT molecular complexity index is 1200. The molecular formula is C19H16F2N8O2. The molecule has 3 aromatic heterocycles. The number of aryl methyl sites for hydroxylation is 1. The van der Waals surface area contributed by atoms with E-state index in [1.807, 2.05) is 0 Å². The van der Waals surface area contributed by atoms with Gasteiger partial charge in [-0.1, -0.05) is 17.3 Å². The molecule has 3 heterocycles. The molecule has 0 fully saturated rings. The predicted octanol–water partition coefficient (Wildman–Crippen LogP) is 2.17. The number of carbonyl (C=O) groups excluding carboxylic acids is 1. The summed E-state index contributed by atoms with van der Waals surface area (Å²) in [7, 11) is 0. The van der Waals surface area contributed by atoms with E-state index in [-0.39, 0.29) is 23.7 Å². The van der Waals surface area contributed by atoms with Crippen molar-refractivity contribution in [1.82, 2.24) is 35.0 Å². The van der Waals surface area contributed by atoms with Gasteiger partial charge in [0.2, 0.25) is 5.88 Å². The average Bonchev–Trinajstić information content (AvgIpc) is 3.40. The van der Waals surface area contributed by atoms with Gasteiger partial charge in [-0.25, -0.2) is 18.1 Å². The number of nitrogens with zero attached hydrogens (tertiary/aromatic N) is 7. The zero-order valence-corrected chi connectivity index (χ0v) is 16.2. The van der Waals surface area contributed by atoms with Crippen LogP contribution in [0.1, 0.15) is 33.9 Å². The highest BCUT2D eigenvalue weighted by Crippen LogP contribution is 2.21. The van der Waals surface area contributed by atoms with E-state index in [9.17, 15) is 13.6 Å². The molecular weight excluding hydrogens is 410 g/mol. The molecule has 1 aromatic carbocycles. The van der Waals surface area contributed by atoms with Crippen molar-refractivity contribution in [2.75, 3.05) is 0 Å². The van der Waals surface area contributed by atoms with Crippen molar-refractivity contribution < 1.29 is 18.3 Å². The molecule has 0 bridgehead atoms. The number of primary amides is 1. The number of carbonyl (C=O) groups is 1. The maximum Gasteiger partial charge on any atom is 0.269 e. The van der Waals surface area contributed by atoms with Crippen molar-refractivity contribution in [2.24, 2.45) is 5.73 Å². The van der Waals surface area contributed by atoms with Crippen molar-refractivity contribution in [2.45, 2.75) is 20.0 Å². The van der Waals surface area contributed by atoms with Crippen molar-refractivity contribution in [3.8, 4) is 17.4 Å². The Morgan fingerprint density at radius 1 is 1.10 bits per heavy atom. The summed E-state index contributed by atoms with van der Waals surface area (Å²) in [5, 5.41) is 20.1. The second-order valence-electron chi connectivity index (χ2n) is 6.45. The first-order valence-electron chi connectivity index (χ1n) is 9.04. The van der Waals surface area contributed by atoms with Crippen LogP contribution in [0.5, 0.6) is 5.88 Å². The van der Waals surface area contributed by atoms with E-state index in [2.05, 4.69) is 25.6 Å². The lowest BCUT2D eigenvalue weighted by molar-refractivity contribution is 0.0995. The van der Waals surface area contributed by atoms with E-state index in [4.69, 9.17) is 10.5 Å². The number of hydrogen-bond acceptors (Lipinski definition) is 7. The molecule has 12 heteroatoms. The van der Waals surface area contributed by atoms with Crippen molar-refractivity contribution in [3.05, 3.63) is 71.3 Å². The SMILES string of the molecule is Cc1nnn(-c2ccc(C(F)F)cc2)c1COc1ccc(-n2ccc(C(N)=O)n2)nn1. The molecule has 4 rings (SSSR count). The summed E-state index contributed by atoms with van der Waals surface area (Å²) in [6.45, 7) is 1.84. The quantitative estimate of drug-likeness (QED) is 0.480. The Morgan fingerprint density at radius 3 is 2.48 bits per heavy atom. The number of amides is 1. The highest BCUT2D eigenvalue weighted by molar-refractivity contribution is 5.90. The van der Waals surface area contributed by atoms with Gasteiger partial charge in [0.25, 0.3) is 12.3 Å². The minimum Gasteiger partial charge on any atom is -0.470 e. The number of benzene rings is 1. The van der Waals surface area contributed by atoms with E-state index in [0.29, 0.717) is 22.9 Å². The minimum atomic E-state index is -2.54. The molecule has 158 valence electrons. The van der Waals surface area contributed by atoms with Crippen LogP contribution >= 0.6 is 0 Å². The van der Waals surface area contributed by atoms with Gasteiger partial charge in [-0.15, -0.1) is 15.3 Å². The van der Waals surface area contributed by atoms with Gasteiger partial charge in [0.05, 0.1) is 11.4 Å². The van der Waals surface area contributed by atoms with Gasteiger partial charge < -0.3 is 10.5 Å². The predicted molar refractivity (Wildman–Crippen MR) is 103 cm³/mol. The second kappa shape index (κ2) is 8.26. The van der Waals surface area contributed by atoms with Crippen molar-refractivity contribution in [1.29, 1.82) is 0 Å². The summed E-state index contributed by atoms with van der Waals surface area (Å²) >= 11 is 0. The summed E-state index contributed by atoms with van der Waals surface area (Å²) in [6, 6.07) is 10.4. The molecule has 0 spiro atoms. The van der Waals surface area contributed by atoms with Crippen molar-refractivity contribution in [3.63, 3.8) is 0 Å². The van der Waals surface area contributed by atoms with Gasteiger partial charge in [-0.05, 0) is 31.2 Å². The van der Waals surface area contributed by atoms with Gasteiger partial charge >= 0.3 is 0 Å². The van der Waals surface area contributed by atoms with E-state index in [1.54, 1.807) is 19.1 Å². The normalized spacial score (nSPS) is 11.1. The van der Waals surface area contributed by atoms with Crippen LogP contribution in [-0.4, -0.2) is 40.9 Å². The van der Waals surface area contributed by atoms with Crippen LogP contribution in [0, 0.1) is 6.92 Å². The number of rotatable bonds is 7. The first-order chi connectivity index (χ1) is 14.9. The molecule has 0 saturated heterocycles. The zero-order valence-electron chi connectivity index (χ0n) is 16.2. The van der Waals surface area contributed by atoms with Gasteiger partial charge in [0.1, 0.15) is 18.0 Å². The molecule has 31 heavy (non-hydrogen) atoms. The Hall–Kier alpha value is -4.22. The van der Waals surface area contributed by atoms with Crippen LogP contribution in [0.15, 0.2) is 48.7 Å². The zero-order chi connectivity index (χ0) is 22.0. The minimum absolute atomic E-state index is 0.0751. The maximum absolute atomic E-state index is 12.8.